The minimum absolute atomic E-state index is 0. The lowest BCUT2D eigenvalue weighted by molar-refractivity contribution is 0.367. The van der Waals surface area contributed by atoms with Crippen LogP contribution in [0.4, 0.5) is 0 Å². The van der Waals surface area contributed by atoms with Gasteiger partial charge >= 0.3 is 0 Å². The first-order chi connectivity index (χ1) is 10.1. The minimum Gasteiger partial charge on any atom is -0.507 e. The summed E-state index contributed by atoms with van der Waals surface area (Å²) in [5.74, 6) is -0.304. The van der Waals surface area contributed by atoms with E-state index in [9.17, 15) is 15.0 Å². The van der Waals surface area contributed by atoms with Crippen molar-refractivity contribution < 1.29 is 19.4 Å². The molecule has 0 fully saturated rings. The standard InChI is InChI=1S/C16H12O5.ClH/c1-20-15-12(19)7-10(17)14-11(18)8-13(21-16(14)15)9-5-3-2-4-6-9;/h2-8,17,19H,1H3;1H. The molecule has 0 atom stereocenters. The van der Waals surface area contributed by atoms with Crippen LogP contribution in [-0.2, 0) is 0 Å². The molecule has 1 aromatic heterocycles. The number of ether oxygens (including phenoxy) is 1. The topological polar surface area (TPSA) is 79.9 Å². The predicted octanol–water partition coefficient (Wildman–Crippen LogP) is 3.30. The van der Waals surface area contributed by atoms with Gasteiger partial charge in [0.25, 0.3) is 0 Å². The van der Waals surface area contributed by atoms with Crippen LogP contribution in [0.1, 0.15) is 0 Å². The fraction of sp³-hybridized carbons (Fsp3) is 0.0625. The SMILES string of the molecule is COc1c(O)cc(O)c2c(=O)cc(-c3ccccc3)oc12.Cl. The van der Waals surface area contributed by atoms with E-state index < -0.39 is 5.43 Å². The van der Waals surface area contributed by atoms with Crippen molar-refractivity contribution in [3.63, 3.8) is 0 Å². The van der Waals surface area contributed by atoms with Crippen LogP contribution in [-0.4, -0.2) is 17.3 Å². The van der Waals surface area contributed by atoms with Crippen LogP contribution < -0.4 is 10.2 Å². The van der Waals surface area contributed by atoms with Crippen molar-refractivity contribution in [2.24, 2.45) is 0 Å². The molecule has 0 spiro atoms. The second-order valence-electron chi connectivity index (χ2n) is 4.49. The zero-order chi connectivity index (χ0) is 15.0. The molecule has 0 saturated carbocycles. The molecule has 0 saturated heterocycles. The van der Waals surface area contributed by atoms with Crippen LogP contribution in [0.25, 0.3) is 22.3 Å². The highest BCUT2D eigenvalue weighted by Crippen LogP contribution is 2.40. The Morgan fingerprint density at radius 3 is 2.36 bits per heavy atom. The van der Waals surface area contributed by atoms with Gasteiger partial charge in [-0.05, 0) is 0 Å². The summed E-state index contributed by atoms with van der Waals surface area (Å²) in [7, 11) is 1.35. The van der Waals surface area contributed by atoms with E-state index in [1.165, 1.54) is 13.2 Å². The number of methoxy groups -OCH3 is 1. The van der Waals surface area contributed by atoms with Gasteiger partial charge in [0.2, 0.25) is 5.75 Å². The summed E-state index contributed by atoms with van der Waals surface area (Å²) in [4.78, 5) is 12.2. The van der Waals surface area contributed by atoms with Crippen LogP contribution in [0.5, 0.6) is 17.2 Å². The quantitative estimate of drug-likeness (QED) is 0.757. The molecular formula is C16H13ClO5. The summed E-state index contributed by atoms with van der Waals surface area (Å²) < 4.78 is 10.7. The Labute approximate surface area is 131 Å². The van der Waals surface area contributed by atoms with Crippen LogP contribution in [0.2, 0.25) is 0 Å². The van der Waals surface area contributed by atoms with E-state index in [2.05, 4.69) is 0 Å². The van der Waals surface area contributed by atoms with Gasteiger partial charge in [0.05, 0.1) is 7.11 Å². The van der Waals surface area contributed by atoms with Crippen molar-refractivity contribution in [1.82, 2.24) is 0 Å². The van der Waals surface area contributed by atoms with Crippen molar-refractivity contribution in [3.05, 3.63) is 52.7 Å². The van der Waals surface area contributed by atoms with Crippen LogP contribution in [0.3, 0.4) is 0 Å². The zero-order valence-electron chi connectivity index (χ0n) is 11.6. The van der Waals surface area contributed by atoms with Gasteiger partial charge in [0.15, 0.2) is 16.8 Å². The van der Waals surface area contributed by atoms with E-state index in [0.717, 1.165) is 6.07 Å². The van der Waals surface area contributed by atoms with Crippen LogP contribution in [0.15, 0.2) is 51.7 Å². The maximum absolute atomic E-state index is 12.2. The van der Waals surface area contributed by atoms with E-state index in [-0.39, 0.29) is 40.6 Å². The monoisotopic (exact) mass is 320 g/mol. The first-order valence-electron chi connectivity index (χ1n) is 6.24. The molecule has 6 heteroatoms. The molecule has 2 N–H and O–H groups in total. The number of aromatic hydroxyl groups is 2. The summed E-state index contributed by atoms with van der Waals surface area (Å²) in [6.07, 6.45) is 0. The molecule has 3 aromatic rings. The number of hydrogen-bond acceptors (Lipinski definition) is 5. The third-order valence-corrected chi connectivity index (χ3v) is 3.18. The Hall–Kier alpha value is -2.66. The third kappa shape index (κ3) is 2.46. The van der Waals surface area contributed by atoms with Gasteiger partial charge in [-0.25, -0.2) is 0 Å². The Kier molecular flexibility index (Phi) is 4.28. The lowest BCUT2D eigenvalue weighted by atomic mass is 10.1. The van der Waals surface area contributed by atoms with E-state index in [4.69, 9.17) is 9.15 Å². The average Bonchev–Trinajstić information content (AvgIpc) is 2.47. The Morgan fingerprint density at radius 2 is 1.73 bits per heavy atom. The molecular weight excluding hydrogens is 308 g/mol. The third-order valence-electron chi connectivity index (χ3n) is 3.18. The van der Waals surface area contributed by atoms with Crippen molar-refractivity contribution in [2.45, 2.75) is 0 Å². The normalized spacial score (nSPS) is 10.2. The largest absolute Gasteiger partial charge is 0.507 e. The molecule has 0 radical (unpaired) electrons. The van der Waals surface area contributed by atoms with Gasteiger partial charge in [-0.1, -0.05) is 30.3 Å². The lowest BCUT2D eigenvalue weighted by Gasteiger charge is -2.09. The fourth-order valence-corrected chi connectivity index (χ4v) is 2.22. The van der Waals surface area contributed by atoms with E-state index in [0.29, 0.717) is 11.3 Å². The molecule has 5 nitrogen and oxygen atoms in total. The van der Waals surface area contributed by atoms with E-state index >= 15 is 0 Å². The smallest absolute Gasteiger partial charge is 0.204 e. The number of hydrogen-bond donors (Lipinski definition) is 2. The van der Waals surface area contributed by atoms with Gasteiger partial charge in [0.1, 0.15) is 16.9 Å². The van der Waals surface area contributed by atoms with E-state index in [1.807, 2.05) is 18.2 Å². The number of fused-ring (bicyclic) bond motifs is 1. The molecule has 1 heterocycles. The van der Waals surface area contributed by atoms with Gasteiger partial charge < -0.3 is 19.4 Å². The molecule has 0 unspecified atom stereocenters. The number of phenols is 2. The minimum atomic E-state index is -0.411. The van der Waals surface area contributed by atoms with Crippen molar-refractivity contribution in [1.29, 1.82) is 0 Å². The summed E-state index contributed by atoms with van der Waals surface area (Å²) in [6.45, 7) is 0. The van der Waals surface area contributed by atoms with Crippen molar-refractivity contribution >= 4 is 23.4 Å². The maximum Gasteiger partial charge on any atom is 0.204 e. The molecule has 0 aliphatic heterocycles. The molecule has 0 aliphatic rings. The second-order valence-corrected chi connectivity index (χ2v) is 4.49. The second kappa shape index (κ2) is 5.99. The number of halogens is 1. The highest BCUT2D eigenvalue weighted by atomic mass is 35.5. The average molecular weight is 321 g/mol. The Morgan fingerprint density at radius 1 is 1.05 bits per heavy atom. The fourth-order valence-electron chi connectivity index (χ4n) is 2.22. The van der Waals surface area contributed by atoms with Crippen LogP contribution >= 0.6 is 12.4 Å². The first-order valence-corrected chi connectivity index (χ1v) is 6.24. The highest BCUT2D eigenvalue weighted by molar-refractivity contribution is 5.91. The molecule has 114 valence electrons. The first kappa shape index (κ1) is 15.7. The zero-order valence-corrected chi connectivity index (χ0v) is 12.4. The molecule has 3 rings (SSSR count). The summed E-state index contributed by atoms with van der Waals surface area (Å²) in [6, 6.07) is 11.4. The Balaban J connectivity index is 0.00000176. The number of rotatable bonds is 2. The summed E-state index contributed by atoms with van der Waals surface area (Å²) in [5, 5.41) is 19.6. The van der Waals surface area contributed by atoms with Gasteiger partial charge in [-0.3, -0.25) is 4.79 Å². The summed E-state index contributed by atoms with van der Waals surface area (Å²) in [5.41, 5.74) is 0.314. The Bertz CT molecular complexity index is 871. The molecule has 22 heavy (non-hydrogen) atoms. The van der Waals surface area contributed by atoms with Crippen molar-refractivity contribution in [3.8, 4) is 28.6 Å². The number of benzene rings is 2. The number of phenolic OH excluding ortho intramolecular Hbond substituents is 2. The molecule has 0 bridgehead atoms. The molecule has 2 aromatic carbocycles. The maximum atomic E-state index is 12.2. The molecule has 0 amide bonds. The predicted molar refractivity (Wildman–Crippen MR) is 85.0 cm³/mol. The van der Waals surface area contributed by atoms with Gasteiger partial charge in [-0.15, -0.1) is 12.4 Å². The van der Waals surface area contributed by atoms with E-state index in [1.54, 1.807) is 12.1 Å². The summed E-state index contributed by atoms with van der Waals surface area (Å²) >= 11 is 0. The lowest BCUT2D eigenvalue weighted by Crippen LogP contribution is -2.02. The van der Waals surface area contributed by atoms with Gasteiger partial charge in [0, 0.05) is 17.7 Å². The van der Waals surface area contributed by atoms with Gasteiger partial charge in [-0.2, -0.15) is 0 Å². The highest BCUT2D eigenvalue weighted by Gasteiger charge is 2.18. The van der Waals surface area contributed by atoms with Crippen molar-refractivity contribution in [2.75, 3.05) is 7.11 Å². The van der Waals surface area contributed by atoms with Crippen LogP contribution in [0, 0.1) is 0 Å². The molecule has 0 aliphatic carbocycles.